The van der Waals surface area contributed by atoms with Crippen molar-refractivity contribution in [3.05, 3.63) is 51.0 Å². The summed E-state index contributed by atoms with van der Waals surface area (Å²) in [4.78, 5) is 14.1. The van der Waals surface area contributed by atoms with Gasteiger partial charge in [0.1, 0.15) is 0 Å². The Morgan fingerprint density at radius 3 is 2.65 bits per heavy atom. The van der Waals surface area contributed by atoms with Crippen LogP contribution in [-0.4, -0.2) is 41.0 Å². The highest BCUT2D eigenvalue weighted by Gasteiger charge is 2.19. The highest BCUT2D eigenvalue weighted by Crippen LogP contribution is 2.26. The van der Waals surface area contributed by atoms with E-state index in [4.69, 9.17) is 4.98 Å². The summed E-state index contributed by atoms with van der Waals surface area (Å²) in [6.45, 7) is 5.10. The Morgan fingerprint density at radius 2 is 1.87 bits per heavy atom. The number of nitrogens with zero attached hydrogens (tertiary/aromatic N) is 4. The second-order valence-corrected chi connectivity index (χ2v) is 8.70. The summed E-state index contributed by atoms with van der Waals surface area (Å²) in [7, 11) is 0. The van der Waals surface area contributed by atoms with Gasteiger partial charge in [0.2, 0.25) is 5.95 Å². The van der Waals surface area contributed by atoms with Crippen LogP contribution in [0.2, 0.25) is 0 Å². The van der Waals surface area contributed by atoms with Crippen molar-refractivity contribution >= 4 is 50.1 Å². The summed E-state index contributed by atoms with van der Waals surface area (Å²) in [6.07, 6.45) is 1.96. The Balaban J connectivity index is 1.42. The predicted octanol–water partition coefficient (Wildman–Crippen LogP) is 3.62. The molecule has 1 fully saturated rings. The monoisotopic (exact) mass is 436 g/mol. The molecule has 0 radical (unpaired) electrons. The third-order valence-electron chi connectivity index (χ3n) is 4.13. The van der Waals surface area contributed by atoms with E-state index in [0.717, 1.165) is 44.2 Å². The van der Waals surface area contributed by atoms with E-state index in [1.54, 1.807) is 11.3 Å². The van der Waals surface area contributed by atoms with Gasteiger partial charge < -0.3 is 4.90 Å². The van der Waals surface area contributed by atoms with Crippen molar-refractivity contribution in [1.82, 2.24) is 14.9 Å². The molecule has 23 heavy (non-hydrogen) atoms. The first kappa shape index (κ1) is 15.3. The summed E-state index contributed by atoms with van der Waals surface area (Å²) in [5, 5.41) is 0. The number of hydrogen-bond donors (Lipinski definition) is 0. The number of piperazine rings is 1. The van der Waals surface area contributed by atoms with Gasteiger partial charge in [-0.2, -0.15) is 0 Å². The Hall–Kier alpha value is -1.25. The van der Waals surface area contributed by atoms with Crippen molar-refractivity contribution in [3.63, 3.8) is 0 Å². The fraction of sp³-hybridized carbons (Fsp3) is 0.294. The van der Waals surface area contributed by atoms with Crippen LogP contribution in [0.3, 0.4) is 0 Å². The van der Waals surface area contributed by atoms with E-state index in [2.05, 4.69) is 73.8 Å². The van der Waals surface area contributed by atoms with E-state index in [-0.39, 0.29) is 0 Å². The fourth-order valence-corrected chi connectivity index (χ4v) is 4.60. The number of rotatable bonds is 3. The minimum atomic E-state index is 0.867. The van der Waals surface area contributed by atoms with Crippen LogP contribution in [-0.2, 0) is 6.54 Å². The largest absolute Gasteiger partial charge is 0.338 e. The molecular formula is C17H17IN4S. The van der Waals surface area contributed by atoms with E-state index in [1.165, 1.54) is 13.1 Å². The van der Waals surface area contributed by atoms with Crippen LogP contribution in [0.4, 0.5) is 5.95 Å². The van der Waals surface area contributed by atoms with Gasteiger partial charge in [-0.3, -0.25) is 4.90 Å². The summed E-state index contributed by atoms with van der Waals surface area (Å²) in [6, 6.07) is 12.8. The van der Waals surface area contributed by atoms with Gasteiger partial charge in [0.25, 0.3) is 0 Å². The van der Waals surface area contributed by atoms with Crippen LogP contribution in [0.5, 0.6) is 0 Å². The standard InChI is InChI=1S/C17H17IN4S/c18-16-10-14-15(23-16)11-19-17(20-14)22-8-6-21(7-9-22)12-13-4-2-1-3-5-13/h1-5,10-11H,6-9,12H2. The van der Waals surface area contributed by atoms with Crippen LogP contribution in [0, 0.1) is 2.88 Å². The number of benzene rings is 1. The Labute approximate surface area is 153 Å². The molecule has 4 rings (SSSR count). The van der Waals surface area contributed by atoms with Gasteiger partial charge in [-0.05, 0) is 34.2 Å². The first-order chi connectivity index (χ1) is 11.3. The average Bonchev–Trinajstić information content (AvgIpc) is 2.95. The summed E-state index contributed by atoms with van der Waals surface area (Å²) in [5.74, 6) is 0.867. The zero-order chi connectivity index (χ0) is 15.6. The molecule has 4 nitrogen and oxygen atoms in total. The van der Waals surface area contributed by atoms with E-state index in [9.17, 15) is 0 Å². The summed E-state index contributed by atoms with van der Waals surface area (Å²) < 4.78 is 2.43. The fourth-order valence-electron chi connectivity index (χ4n) is 2.90. The first-order valence-corrected chi connectivity index (χ1v) is 9.61. The number of hydrogen-bond acceptors (Lipinski definition) is 5. The smallest absolute Gasteiger partial charge is 0.226 e. The first-order valence-electron chi connectivity index (χ1n) is 7.71. The molecule has 1 aromatic carbocycles. The molecule has 0 saturated carbocycles. The van der Waals surface area contributed by atoms with Gasteiger partial charge in [0.05, 0.1) is 19.3 Å². The molecule has 2 aromatic heterocycles. The molecule has 1 saturated heterocycles. The van der Waals surface area contributed by atoms with Crippen molar-refractivity contribution in [2.75, 3.05) is 31.1 Å². The maximum atomic E-state index is 4.73. The molecule has 0 unspecified atom stereocenters. The maximum absolute atomic E-state index is 4.73. The van der Waals surface area contributed by atoms with E-state index < -0.39 is 0 Å². The number of thiophene rings is 1. The third kappa shape index (κ3) is 3.49. The zero-order valence-electron chi connectivity index (χ0n) is 12.7. The van der Waals surface area contributed by atoms with Gasteiger partial charge >= 0.3 is 0 Å². The van der Waals surface area contributed by atoms with Crippen LogP contribution < -0.4 is 4.90 Å². The molecular weight excluding hydrogens is 419 g/mol. The van der Waals surface area contributed by atoms with E-state index >= 15 is 0 Å². The maximum Gasteiger partial charge on any atom is 0.226 e. The molecule has 1 aliphatic rings. The number of fused-ring (bicyclic) bond motifs is 1. The van der Waals surface area contributed by atoms with Crippen molar-refractivity contribution < 1.29 is 0 Å². The second kappa shape index (κ2) is 6.70. The molecule has 0 bridgehead atoms. The number of anilines is 1. The predicted molar refractivity (Wildman–Crippen MR) is 104 cm³/mol. The van der Waals surface area contributed by atoms with E-state index in [0.29, 0.717) is 0 Å². The highest BCUT2D eigenvalue weighted by atomic mass is 127. The topological polar surface area (TPSA) is 32.3 Å². The molecule has 3 aromatic rings. The molecule has 6 heteroatoms. The molecule has 0 amide bonds. The molecule has 0 aliphatic carbocycles. The van der Waals surface area contributed by atoms with Crippen molar-refractivity contribution in [3.8, 4) is 0 Å². The molecule has 0 spiro atoms. The lowest BCUT2D eigenvalue weighted by Crippen LogP contribution is -2.46. The normalized spacial score (nSPS) is 16.1. The van der Waals surface area contributed by atoms with Crippen LogP contribution in [0.15, 0.2) is 42.6 Å². The molecule has 0 N–H and O–H groups in total. The SMILES string of the molecule is Ic1cc2nc(N3CCN(Cc4ccccc4)CC3)ncc2s1. The Kier molecular flexibility index (Phi) is 4.46. The summed E-state index contributed by atoms with van der Waals surface area (Å²) in [5.41, 5.74) is 2.45. The van der Waals surface area contributed by atoms with Crippen LogP contribution in [0.1, 0.15) is 5.56 Å². The van der Waals surface area contributed by atoms with Gasteiger partial charge in [-0.15, -0.1) is 11.3 Å². The summed E-state index contributed by atoms with van der Waals surface area (Å²) >= 11 is 4.09. The van der Waals surface area contributed by atoms with Gasteiger partial charge in [-0.1, -0.05) is 30.3 Å². The lowest BCUT2D eigenvalue weighted by molar-refractivity contribution is 0.249. The Morgan fingerprint density at radius 1 is 1.09 bits per heavy atom. The quantitative estimate of drug-likeness (QED) is 0.588. The van der Waals surface area contributed by atoms with Crippen molar-refractivity contribution in [1.29, 1.82) is 0 Å². The van der Waals surface area contributed by atoms with E-state index in [1.807, 2.05) is 6.20 Å². The van der Waals surface area contributed by atoms with Crippen molar-refractivity contribution in [2.24, 2.45) is 0 Å². The zero-order valence-corrected chi connectivity index (χ0v) is 15.6. The third-order valence-corrected chi connectivity index (χ3v) is 5.95. The highest BCUT2D eigenvalue weighted by molar-refractivity contribution is 14.1. The molecule has 0 atom stereocenters. The molecule has 118 valence electrons. The van der Waals surface area contributed by atoms with Crippen LogP contribution >= 0.6 is 33.9 Å². The minimum Gasteiger partial charge on any atom is -0.338 e. The van der Waals surface area contributed by atoms with Gasteiger partial charge in [-0.25, -0.2) is 9.97 Å². The number of halogens is 1. The Bertz CT molecular complexity index is 797. The second-order valence-electron chi connectivity index (χ2n) is 5.72. The lowest BCUT2D eigenvalue weighted by Gasteiger charge is -2.34. The lowest BCUT2D eigenvalue weighted by atomic mass is 10.2. The van der Waals surface area contributed by atoms with Crippen molar-refractivity contribution in [2.45, 2.75) is 6.54 Å². The molecule has 3 heterocycles. The van der Waals surface area contributed by atoms with Gasteiger partial charge in [0.15, 0.2) is 0 Å². The van der Waals surface area contributed by atoms with Crippen LogP contribution in [0.25, 0.3) is 10.2 Å². The molecule has 1 aliphatic heterocycles. The van der Waals surface area contributed by atoms with Gasteiger partial charge in [0, 0.05) is 32.7 Å². The minimum absolute atomic E-state index is 0.867. The number of aromatic nitrogens is 2. The average molecular weight is 436 g/mol.